The van der Waals surface area contributed by atoms with Crippen molar-refractivity contribution in [2.24, 2.45) is 0 Å². The van der Waals surface area contributed by atoms with Crippen molar-refractivity contribution in [3.63, 3.8) is 0 Å². The predicted octanol–water partition coefficient (Wildman–Crippen LogP) is 5.20. The molecule has 0 bridgehead atoms. The second-order valence-electron chi connectivity index (χ2n) is 5.61. The van der Waals surface area contributed by atoms with E-state index >= 15 is 0 Å². The molecule has 20 heavy (non-hydrogen) atoms. The molecule has 0 saturated carbocycles. The van der Waals surface area contributed by atoms with Crippen LogP contribution < -0.4 is 0 Å². The number of ether oxygens (including phenoxy) is 1. The van der Waals surface area contributed by atoms with E-state index in [2.05, 4.69) is 50.8 Å². The minimum absolute atomic E-state index is 0.548. The van der Waals surface area contributed by atoms with E-state index in [9.17, 15) is 0 Å². The van der Waals surface area contributed by atoms with Crippen molar-refractivity contribution >= 4 is 0 Å². The Morgan fingerprint density at radius 3 is 2.10 bits per heavy atom. The first-order valence-electron chi connectivity index (χ1n) is 7.69. The van der Waals surface area contributed by atoms with Gasteiger partial charge in [0.2, 0.25) is 0 Å². The molecule has 1 heterocycles. The maximum Gasteiger partial charge on any atom is 0.108 e. The molecule has 0 radical (unpaired) electrons. The third-order valence-electron chi connectivity index (χ3n) is 3.45. The van der Waals surface area contributed by atoms with E-state index in [0.717, 1.165) is 32.1 Å². The largest absolute Gasteiger partial charge is 0.364 e. The zero-order valence-corrected chi connectivity index (χ0v) is 13.3. The molecule has 0 aliphatic carbocycles. The number of hydrogen-bond acceptors (Lipinski definition) is 1. The lowest BCUT2D eigenvalue weighted by Gasteiger charge is -2.02. The van der Waals surface area contributed by atoms with Gasteiger partial charge in [-0.05, 0) is 52.9 Å². The fraction of sp³-hybridized carbons (Fsp3) is 0.579. The van der Waals surface area contributed by atoms with E-state index in [0.29, 0.717) is 13.2 Å². The Labute approximate surface area is 124 Å². The van der Waals surface area contributed by atoms with E-state index in [1.165, 1.54) is 23.1 Å². The Hall–Kier alpha value is -1.26. The Kier molecular flexibility index (Phi) is 8.83. The first-order chi connectivity index (χ1) is 9.68. The molecule has 1 aliphatic rings. The van der Waals surface area contributed by atoms with Crippen molar-refractivity contribution in [2.45, 2.75) is 59.3 Å². The highest BCUT2D eigenvalue weighted by Crippen LogP contribution is 2.12. The molecule has 0 fully saturated rings. The van der Waals surface area contributed by atoms with Gasteiger partial charge in [0, 0.05) is 6.42 Å². The highest BCUT2D eigenvalue weighted by Gasteiger charge is 1.94. The van der Waals surface area contributed by atoms with Gasteiger partial charge in [0.1, 0.15) is 6.61 Å². The molecule has 0 aromatic rings. The smallest absolute Gasteiger partial charge is 0.108 e. The zero-order chi connectivity index (χ0) is 14.6. The summed E-state index contributed by atoms with van der Waals surface area (Å²) >= 11 is 0. The summed E-state index contributed by atoms with van der Waals surface area (Å²) in [6.45, 7) is 7.85. The summed E-state index contributed by atoms with van der Waals surface area (Å²) in [5, 5.41) is 0. The normalized spacial score (nSPS) is 27.6. The van der Waals surface area contributed by atoms with E-state index in [1.807, 2.05) is 0 Å². The molecular formula is C19H28O. The summed E-state index contributed by atoms with van der Waals surface area (Å²) in [5.74, 6) is 6.25. The van der Waals surface area contributed by atoms with Crippen molar-refractivity contribution in [1.82, 2.24) is 0 Å². The molecule has 1 nitrogen and oxygen atoms in total. The van der Waals surface area contributed by atoms with Crippen LogP contribution in [0.25, 0.3) is 0 Å². The number of allylic oxidation sites excluding steroid dienone is 5. The van der Waals surface area contributed by atoms with E-state index in [1.54, 1.807) is 0 Å². The van der Waals surface area contributed by atoms with Gasteiger partial charge in [-0.1, -0.05) is 40.9 Å². The predicted molar refractivity (Wildman–Crippen MR) is 87.6 cm³/mol. The van der Waals surface area contributed by atoms with Gasteiger partial charge in [0.25, 0.3) is 0 Å². The minimum atomic E-state index is 0.548. The average Bonchev–Trinajstić information content (AvgIpc) is 2.41. The van der Waals surface area contributed by atoms with Crippen LogP contribution in [-0.4, -0.2) is 13.2 Å². The van der Waals surface area contributed by atoms with Gasteiger partial charge in [-0.2, -0.15) is 0 Å². The number of hydrogen-bond donors (Lipinski definition) is 0. The highest BCUT2D eigenvalue weighted by atomic mass is 16.5. The van der Waals surface area contributed by atoms with Gasteiger partial charge >= 0.3 is 0 Å². The van der Waals surface area contributed by atoms with Crippen LogP contribution >= 0.6 is 0 Å². The van der Waals surface area contributed by atoms with Crippen LogP contribution in [-0.2, 0) is 4.74 Å². The standard InChI is InChI=1S/C19H28O/c1-17-10-6-4-5-7-15-20-16-19(3)14-9-13-18(2)12-8-11-17/h10,12,14H,4,6,8-9,11,13,15-16H2,1-3H3/b17-10-,18-12+,19-14+. The molecule has 110 valence electrons. The molecule has 1 aliphatic heterocycles. The van der Waals surface area contributed by atoms with Crippen LogP contribution in [0.15, 0.2) is 34.9 Å². The maximum absolute atomic E-state index is 5.55. The molecular weight excluding hydrogens is 244 g/mol. The van der Waals surface area contributed by atoms with E-state index in [-0.39, 0.29) is 0 Å². The van der Waals surface area contributed by atoms with Crippen molar-refractivity contribution in [3.05, 3.63) is 34.9 Å². The van der Waals surface area contributed by atoms with Gasteiger partial charge in [-0.3, -0.25) is 0 Å². The quantitative estimate of drug-likeness (QED) is 0.435. The van der Waals surface area contributed by atoms with Crippen LogP contribution in [0.1, 0.15) is 59.3 Å². The first-order valence-corrected chi connectivity index (χ1v) is 7.69. The van der Waals surface area contributed by atoms with Crippen LogP contribution in [0.4, 0.5) is 0 Å². The van der Waals surface area contributed by atoms with Crippen LogP contribution in [0.2, 0.25) is 0 Å². The molecule has 0 unspecified atom stereocenters. The third kappa shape index (κ3) is 8.77. The highest BCUT2D eigenvalue weighted by molar-refractivity contribution is 5.08. The molecule has 0 amide bonds. The molecule has 0 saturated heterocycles. The van der Waals surface area contributed by atoms with Gasteiger partial charge in [0.15, 0.2) is 0 Å². The summed E-state index contributed by atoms with van der Waals surface area (Å²) in [4.78, 5) is 0. The van der Waals surface area contributed by atoms with Crippen molar-refractivity contribution in [3.8, 4) is 11.8 Å². The summed E-state index contributed by atoms with van der Waals surface area (Å²) in [6, 6.07) is 0. The van der Waals surface area contributed by atoms with E-state index < -0.39 is 0 Å². The third-order valence-corrected chi connectivity index (χ3v) is 3.45. The Bertz CT molecular complexity index is 426. The summed E-state index contributed by atoms with van der Waals surface area (Å²) < 4.78 is 5.55. The summed E-state index contributed by atoms with van der Waals surface area (Å²) in [5.41, 5.74) is 4.28. The second-order valence-corrected chi connectivity index (χ2v) is 5.61. The van der Waals surface area contributed by atoms with Crippen molar-refractivity contribution in [1.29, 1.82) is 0 Å². The van der Waals surface area contributed by atoms with Crippen molar-refractivity contribution < 1.29 is 4.74 Å². The molecule has 0 N–H and O–H groups in total. The molecule has 0 atom stereocenters. The second kappa shape index (κ2) is 10.5. The van der Waals surface area contributed by atoms with Gasteiger partial charge in [0.05, 0.1) is 6.61 Å². The summed E-state index contributed by atoms with van der Waals surface area (Å²) in [6.07, 6.45) is 13.6. The lowest BCUT2D eigenvalue weighted by Crippen LogP contribution is -1.96. The zero-order valence-electron chi connectivity index (χ0n) is 13.3. The van der Waals surface area contributed by atoms with Crippen LogP contribution in [0, 0.1) is 11.8 Å². The monoisotopic (exact) mass is 272 g/mol. The fourth-order valence-corrected chi connectivity index (χ4v) is 2.15. The Morgan fingerprint density at radius 2 is 1.40 bits per heavy atom. The average molecular weight is 272 g/mol. The van der Waals surface area contributed by atoms with E-state index in [4.69, 9.17) is 4.74 Å². The lowest BCUT2D eigenvalue weighted by atomic mass is 10.1. The molecule has 1 heteroatoms. The van der Waals surface area contributed by atoms with Gasteiger partial charge < -0.3 is 4.74 Å². The molecule has 0 aromatic carbocycles. The van der Waals surface area contributed by atoms with Crippen LogP contribution in [0.3, 0.4) is 0 Å². The maximum atomic E-state index is 5.55. The Morgan fingerprint density at radius 1 is 0.800 bits per heavy atom. The van der Waals surface area contributed by atoms with Crippen LogP contribution in [0.5, 0.6) is 0 Å². The summed E-state index contributed by atoms with van der Waals surface area (Å²) in [7, 11) is 0. The SMILES string of the molecule is C/C1=C/CCC#CCOC/C(C)=C/CC/C(C)=C/CC1. The number of rotatable bonds is 0. The lowest BCUT2D eigenvalue weighted by molar-refractivity contribution is 0.192. The van der Waals surface area contributed by atoms with Crippen molar-refractivity contribution in [2.75, 3.05) is 13.2 Å². The fourth-order valence-electron chi connectivity index (χ4n) is 2.15. The topological polar surface area (TPSA) is 9.23 Å². The molecule has 1 rings (SSSR count). The minimum Gasteiger partial charge on any atom is -0.364 e. The first kappa shape index (κ1) is 16.8. The van der Waals surface area contributed by atoms with Gasteiger partial charge in [-0.15, -0.1) is 5.92 Å². The molecule has 0 aromatic heterocycles. The van der Waals surface area contributed by atoms with Gasteiger partial charge in [-0.25, -0.2) is 0 Å². The molecule has 0 spiro atoms. The Balaban J connectivity index is 2.57.